The number of likely N-dealkylation sites (N-methyl/N-ethyl adjacent to an activating group) is 1. The summed E-state index contributed by atoms with van der Waals surface area (Å²) in [5, 5.41) is 18.7. The van der Waals surface area contributed by atoms with Gasteiger partial charge in [0.15, 0.2) is 0 Å². The highest BCUT2D eigenvalue weighted by atomic mass is 32.2. The van der Waals surface area contributed by atoms with Crippen molar-refractivity contribution >= 4 is 21.6 Å². The number of aromatic nitrogens is 1. The Labute approximate surface area is 163 Å². The first kappa shape index (κ1) is 20.0. The van der Waals surface area contributed by atoms with Crippen LogP contribution in [-0.4, -0.2) is 47.6 Å². The molecule has 0 saturated heterocycles. The van der Waals surface area contributed by atoms with E-state index in [0.29, 0.717) is 5.57 Å². The molecular formula is C19H22N4O4S. The van der Waals surface area contributed by atoms with E-state index in [-0.39, 0.29) is 16.6 Å². The smallest absolute Gasteiger partial charge is 0.353 e. The molecule has 1 aliphatic rings. The van der Waals surface area contributed by atoms with Crippen molar-refractivity contribution in [2.24, 2.45) is 5.14 Å². The van der Waals surface area contributed by atoms with Crippen molar-refractivity contribution in [3.8, 4) is 0 Å². The minimum atomic E-state index is -3.81. The van der Waals surface area contributed by atoms with Crippen molar-refractivity contribution in [3.05, 3.63) is 65.6 Å². The quantitative estimate of drug-likeness (QED) is 0.784. The van der Waals surface area contributed by atoms with Crippen LogP contribution in [0.5, 0.6) is 0 Å². The molecule has 3 N–H and O–H groups in total. The lowest BCUT2D eigenvalue weighted by Gasteiger charge is -2.36. The molecule has 28 heavy (non-hydrogen) atoms. The standard InChI is InChI=1S/C19H22N4O4S/c1-12(2)23-17(14-4-6-15(7-5-14)28(20,26)27)16(13-8-10-21-11-9-13)18(19(24)25)22(23)3/h4-12,17H,1-3H3,(H,24,25)(H2,20,26,27). The molecule has 1 unspecified atom stereocenters. The number of hydrazine groups is 1. The molecule has 0 amide bonds. The third-order valence-corrected chi connectivity index (χ3v) is 5.64. The average molecular weight is 402 g/mol. The Morgan fingerprint density at radius 3 is 2.18 bits per heavy atom. The SMILES string of the molecule is CC(C)N1C(c2ccc(S(N)(=O)=O)cc2)C(c2ccncc2)=C(C(=O)O)N1C. The first-order valence-electron chi connectivity index (χ1n) is 8.65. The highest BCUT2D eigenvalue weighted by Crippen LogP contribution is 2.45. The van der Waals surface area contributed by atoms with Gasteiger partial charge in [0.25, 0.3) is 0 Å². The Bertz CT molecular complexity index is 1020. The normalized spacial score (nSPS) is 18.2. The minimum Gasteiger partial charge on any atom is -0.477 e. The van der Waals surface area contributed by atoms with Crippen LogP contribution in [-0.2, 0) is 14.8 Å². The molecule has 0 bridgehead atoms. The van der Waals surface area contributed by atoms with E-state index in [4.69, 9.17) is 5.14 Å². The van der Waals surface area contributed by atoms with Gasteiger partial charge in [0.05, 0.1) is 10.9 Å². The summed E-state index contributed by atoms with van der Waals surface area (Å²) >= 11 is 0. The van der Waals surface area contributed by atoms with Crippen LogP contribution in [0.1, 0.15) is 31.0 Å². The number of aliphatic carboxylic acids is 1. The van der Waals surface area contributed by atoms with E-state index in [1.165, 1.54) is 12.1 Å². The number of nitrogens with two attached hydrogens (primary N) is 1. The van der Waals surface area contributed by atoms with Gasteiger partial charge >= 0.3 is 5.97 Å². The number of carboxylic acid groups (broad SMARTS) is 1. The van der Waals surface area contributed by atoms with Crippen LogP contribution in [0.2, 0.25) is 0 Å². The van der Waals surface area contributed by atoms with Gasteiger partial charge in [-0.05, 0) is 49.2 Å². The molecule has 0 radical (unpaired) electrons. The number of carbonyl (C=O) groups is 1. The predicted octanol–water partition coefficient (Wildman–Crippen LogP) is 1.84. The second-order valence-corrected chi connectivity index (χ2v) is 8.38. The second-order valence-electron chi connectivity index (χ2n) is 6.82. The summed E-state index contributed by atoms with van der Waals surface area (Å²) in [5.41, 5.74) is 2.29. The Morgan fingerprint density at radius 2 is 1.71 bits per heavy atom. The van der Waals surface area contributed by atoms with Gasteiger partial charge in [-0.2, -0.15) is 0 Å². The molecule has 3 rings (SSSR count). The fourth-order valence-electron chi connectivity index (χ4n) is 3.61. The monoisotopic (exact) mass is 402 g/mol. The van der Waals surface area contributed by atoms with Crippen molar-refractivity contribution in [3.63, 3.8) is 0 Å². The van der Waals surface area contributed by atoms with Gasteiger partial charge in [-0.3, -0.25) is 4.98 Å². The van der Waals surface area contributed by atoms with Crippen LogP contribution in [0.3, 0.4) is 0 Å². The summed E-state index contributed by atoms with van der Waals surface area (Å²) in [6.07, 6.45) is 3.22. The molecular weight excluding hydrogens is 380 g/mol. The summed E-state index contributed by atoms with van der Waals surface area (Å²) in [6.45, 7) is 3.94. The maximum Gasteiger partial charge on any atom is 0.353 e. The first-order chi connectivity index (χ1) is 13.1. The van der Waals surface area contributed by atoms with Crippen molar-refractivity contribution < 1.29 is 18.3 Å². The molecule has 0 aliphatic carbocycles. The zero-order valence-corrected chi connectivity index (χ0v) is 16.6. The Morgan fingerprint density at radius 1 is 1.14 bits per heavy atom. The molecule has 1 aliphatic heterocycles. The third-order valence-electron chi connectivity index (χ3n) is 4.71. The third kappa shape index (κ3) is 3.51. The van der Waals surface area contributed by atoms with E-state index < -0.39 is 22.0 Å². The predicted molar refractivity (Wildman–Crippen MR) is 104 cm³/mol. The summed E-state index contributed by atoms with van der Waals surface area (Å²) in [4.78, 5) is 16.1. The number of rotatable bonds is 5. The number of sulfonamides is 1. The van der Waals surface area contributed by atoms with Crippen molar-refractivity contribution in [2.75, 3.05) is 7.05 Å². The largest absolute Gasteiger partial charge is 0.477 e. The molecule has 0 fully saturated rings. The molecule has 0 saturated carbocycles. The summed E-state index contributed by atoms with van der Waals surface area (Å²) in [6, 6.07) is 9.32. The van der Waals surface area contributed by atoms with Crippen LogP contribution in [0.25, 0.3) is 5.57 Å². The molecule has 1 aromatic carbocycles. The van der Waals surface area contributed by atoms with Gasteiger partial charge in [-0.1, -0.05) is 12.1 Å². The van der Waals surface area contributed by atoms with E-state index >= 15 is 0 Å². The van der Waals surface area contributed by atoms with Crippen LogP contribution in [0.4, 0.5) is 0 Å². The van der Waals surface area contributed by atoms with Crippen LogP contribution in [0.15, 0.2) is 59.4 Å². The Kier molecular flexibility index (Phi) is 5.24. The number of benzene rings is 1. The highest BCUT2D eigenvalue weighted by Gasteiger charge is 2.42. The topological polar surface area (TPSA) is 117 Å². The van der Waals surface area contributed by atoms with Crippen LogP contribution < -0.4 is 5.14 Å². The van der Waals surface area contributed by atoms with E-state index in [1.54, 1.807) is 48.7 Å². The highest BCUT2D eigenvalue weighted by molar-refractivity contribution is 7.89. The van der Waals surface area contributed by atoms with Gasteiger partial charge in [-0.15, -0.1) is 0 Å². The minimum absolute atomic E-state index is 0.00611. The van der Waals surface area contributed by atoms with Crippen molar-refractivity contribution in [1.82, 2.24) is 15.0 Å². The average Bonchev–Trinajstić information content (AvgIpc) is 2.95. The fourth-order valence-corrected chi connectivity index (χ4v) is 4.12. The van der Waals surface area contributed by atoms with Crippen LogP contribution >= 0.6 is 0 Å². The Balaban J connectivity index is 2.23. The van der Waals surface area contributed by atoms with E-state index in [9.17, 15) is 18.3 Å². The first-order valence-corrected chi connectivity index (χ1v) is 10.2. The van der Waals surface area contributed by atoms with Crippen molar-refractivity contribution in [1.29, 1.82) is 0 Å². The number of pyridine rings is 1. The lowest BCUT2D eigenvalue weighted by Crippen LogP contribution is -2.42. The molecule has 0 spiro atoms. The van der Waals surface area contributed by atoms with Gasteiger partial charge in [0, 0.05) is 31.1 Å². The van der Waals surface area contributed by atoms with Gasteiger partial charge in [0.2, 0.25) is 10.0 Å². The number of nitrogens with zero attached hydrogens (tertiary/aromatic N) is 3. The number of carboxylic acids is 1. The molecule has 2 heterocycles. The lowest BCUT2D eigenvalue weighted by atomic mass is 9.92. The van der Waals surface area contributed by atoms with Gasteiger partial charge in [-0.25, -0.2) is 23.4 Å². The number of hydrogen-bond acceptors (Lipinski definition) is 6. The van der Waals surface area contributed by atoms with Crippen LogP contribution in [0, 0.1) is 0 Å². The Hall–Kier alpha value is -2.75. The van der Waals surface area contributed by atoms with Gasteiger partial charge < -0.3 is 10.1 Å². The summed E-state index contributed by atoms with van der Waals surface area (Å²) in [7, 11) is -2.10. The lowest BCUT2D eigenvalue weighted by molar-refractivity contribution is -0.136. The summed E-state index contributed by atoms with van der Waals surface area (Å²) < 4.78 is 23.2. The second kappa shape index (κ2) is 7.34. The molecule has 148 valence electrons. The van der Waals surface area contributed by atoms with E-state index in [1.807, 2.05) is 18.9 Å². The van der Waals surface area contributed by atoms with Crippen molar-refractivity contribution in [2.45, 2.75) is 30.8 Å². The number of primary sulfonamides is 1. The molecule has 9 heteroatoms. The summed E-state index contributed by atoms with van der Waals surface area (Å²) in [5.74, 6) is -1.04. The maximum absolute atomic E-state index is 12.1. The molecule has 2 aromatic rings. The van der Waals surface area contributed by atoms with E-state index in [0.717, 1.165) is 11.1 Å². The molecule has 8 nitrogen and oxygen atoms in total. The number of hydrogen-bond donors (Lipinski definition) is 2. The molecule has 1 atom stereocenters. The van der Waals surface area contributed by atoms with Gasteiger partial charge in [0.1, 0.15) is 5.70 Å². The zero-order chi connectivity index (χ0) is 20.6. The zero-order valence-electron chi connectivity index (χ0n) is 15.8. The van der Waals surface area contributed by atoms with E-state index in [2.05, 4.69) is 4.98 Å². The fraction of sp³-hybridized carbons (Fsp3) is 0.263. The molecule has 1 aromatic heterocycles. The maximum atomic E-state index is 12.1.